The van der Waals surface area contributed by atoms with Gasteiger partial charge in [-0.25, -0.2) is 0 Å². The number of nitrogens with zero attached hydrogens (tertiary/aromatic N) is 2. The molecule has 0 aliphatic carbocycles. The summed E-state index contributed by atoms with van der Waals surface area (Å²) in [5, 5.41) is 0. The zero-order valence-corrected chi connectivity index (χ0v) is 12.2. The van der Waals surface area contributed by atoms with Crippen molar-refractivity contribution < 1.29 is 18.9 Å². The first-order valence-corrected chi connectivity index (χ1v) is 5.62. The minimum atomic E-state index is 0. The van der Waals surface area contributed by atoms with Gasteiger partial charge in [-0.1, -0.05) is 13.8 Å². The van der Waals surface area contributed by atoms with Gasteiger partial charge in [0, 0.05) is 12.6 Å². The monoisotopic (exact) mass is 208 g/mol. The van der Waals surface area contributed by atoms with Crippen LogP contribution in [0, 0.1) is 6.42 Å². The van der Waals surface area contributed by atoms with E-state index in [0.29, 0.717) is 6.04 Å². The molecule has 0 aromatic rings. The van der Waals surface area contributed by atoms with Crippen LogP contribution in [0.4, 0.5) is 0 Å². The summed E-state index contributed by atoms with van der Waals surface area (Å²) in [4.78, 5) is 4.57. The molecule has 0 radical (unpaired) electrons. The Bertz CT molecular complexity index is 106. The molecular weight excluding hydrogens is 179 g/mol. The summed E-state index contributed by atoms with van der Waals surface area (Å²) in [6.45, 7) is 10.9. The van der Waals surface area contributed by atoms with Gasteiger partial charge in [0.05, 0.1) is 0 Å². The fourth-order valence-electron chi connectivity index (χ4n) is 0.743. The summed E-state index contributed by atoms with van der Waals surface area (Å²) in [6, 6.07) is 0.657. The van der Waals surface area contributed by atoms with Gasteiger partial charge in [0.25, 0.3) is 0 Å². The van der Waals surface area contributed by atoms with E-state index in [-0.39, 0.29) is 18.9 Å². The van der Waals surface area contributed by atoms with Gasteiger partial charge in [-0.15, -0.1) is 0 Å². The van der Waals surface area contributed by atoms with Gasteiger partial charge in [-0.3, -0.25) is 0 Å². The van der Waals surface area contributed by atoms with Crippen LogP contribution in [0.5, 0.6) is 0 Å². The summed E-state index contributed by atoms with van der Waals surface area (Å²) in [5.74, 6) is 0. The van der Waals surface area contributed by atoms with Crippen LogP contribution < -0.4 is 18.9 Å². The van der Waals surface area contributed by atoms with E-state index in [9.17, 15) is 0 Å². The van der Waals surface area contributed by atoms with Gasteiger partial charge in [-0.2, -0.15) is 13.3 Å². The molecule has 0 spiro atoms. The van der Waals surface area contributed by atoms with Crippen LogP contribution in [0.2, 0.25) is 0 Å². The number of hydrogen-bond donors (Lipinski definition) is 0. The molecule has 2 nitrogen and oxygen atoms in total. The maximum atomic E-state index is 2.32. The van der Waals surface area contributed by atoms with Crippen LogP contribution in [0.25, 0.3) is 0 Å². The summed E-state index contributed by atoms with van der Waals surface area (Å²) in [5.41, 5.74) is 0. The van der Waals surface area contributed by atoms with Gasteiger partial charge in [0.1, 0.15) is 0 Å². The van der Waals surface area contributed by atoms with Crippen LogP contribution in [0.15, 0.2) is 0 Å². The zero-order valence-electron chi connectivity index (χ0n) is 12.2. The quantitative estimate of drug-likeness (QED) is 0.444. The molecule has 1 unspecified atom stereocenters. The molecule has 0 aromatic carbocycles. The fourth-order valence-corrected chi connectivity index (χ4v) is 0.743. The van der Waals surface area contributed by atoms with E-state index >= 15 is 0 Å². The van der Waals surface area contributed by atoms with E-state index in [1.807, 2.05) is 0 Å². The molecule has 0 fully saturated rings. The van der Waals surface area contributed by atoms with Crippen molar-refractivity contribution in [2.75, 3.05) is 34.2 Å². The van der Waals surface area contributed by atoms with Crippen LogP contribution in [0.3, 0.4) is 0 Å². The summed E-state index contributed by atoms with van der Waals surface area (Å²) >= 11 is 0. The molecule has 0 aliphatic heterocycles. The second-order valence-electron chi connectivity index (χ2n) is 3.98. The van der Waals surface area contributed by atoms with Crippen molar-refractivity contribution in [3.05, 3.63) is 6.42 Å². The second-order valence-corrected chi connectivity index (χ2v) is 3.98. The van der Waals surface area contributed by atoms with Crippen LogP contribution in [0.1, 0.15) is 34.1 Å². The Labute approximate surface area is 110 Å². The Hall–Kier alpha value is 0.517. The van der Waals surface area contributed by atoms with E-state index in [1.54, 1.807) is 0 Å². The number of hydrogen-bond acceptors (Lipinski definition) is 2. The Kier molecular flexibility index (Phi) is 20.2. The molecule has 3 heteroatoms. The average molecular weight is 208 g/mol. The molecule has 0 bridgehead atoms. The number of likely N-dealkylation sites (N-methyl/N-ethyl adjacent to an activating group) is 2. The Morgan fingerprint density at radius 3 is 1.73 bits per heavy atom. The molecule has 0 amide bonds. The maximum Gasteiger partial charge on any atom is 1.00 e. The van der Waals surface area contributed by atoms with Crippen molar-refractivity contribution in [3.63, 3.8) is 0 Å². The Morgan fingerprint density at radius 1 is 1.13 bits per heavy atom. The molecule has 0 saturated heterocycles. The Balaban J connectivity index is -0.000000249. The van der Waals surface area contributed by atoms with Crippen molar-refractivity contribution >= 4 is 0 Å². The first-order valence-electron chi connectivity index (χ1n) is 5.62. The Morgan fingerprint density at radius 2 is 1.53 bits per heavy atom. The third-order valence-electron chi connectivity index (χ3n) is 2.41. The smallest absolute Gasteiger partial charge is 0.332 e. The normalized spacial score (nSPS) is 11.8. The fraction of sp³-hybridized carbons (Fsp3) is 0.917. The maximum absolute atomic E-state index is 2.32. The van der Waals surface area contributed by atoms with Crippen molar-refractivity contribution in [3.8, 4) is 0 Å². The topological polar surface area (TPSA) is 6.48 Å². The molecule has 88 valence electrons. The van der Waals surface area contributed by atoms with E-state index in [2.05, 4.69) is 65.1 Å². The standard InChI is InChI=1S/C8H20N2.C4H9.Li/c1-6-10(5)7-8(2)9(3)4;1-3-4-2;/h8H,6-7H2,1-5H3;3H,4H2,1-2H3;/q;-1;+1. The second kappa shape index (κ2) is 14.5. The average Bonchev–Trinajstić information content (AvgIpc) is 2.17. The molecular formula is C12H29LiN2. The number of rotatable bonds is 5. The first kappa shape index (κ1) is 20.9. The van der Waals surface area contributed by atoms with E-state index in [1.165, 1.54) is 6.42 Å². The van der Waals surface area contributed by atoms with Crippen LogP contribution in [-0.2, 0) is 0 Å². The zero-order chi connectivity index (χ0) is 11.6. The molecule has 0 aliphatic rings. The largest absolute Gasteiger partial charge is 1.00 e. The summed E-state index contributed by atoms with van der Waals surface area (Å²) in [6.07, 6.45) is 3.32. The van der Waals surface area contributed by atoms with Gasteiger partial charge in [0.2, 0.25) is 0 Å². The van der Waals surface area contributed by atoms with Crippen molar-refractivity contribution in [1.29, 1.82) is 0 Å². The molecule has 0 rings (SSSR count). The molecule has 0 saturated carbocycles. The van der Waals surface area contributed by atoms with Crippen LogP contribution >= 0.6 is 0 Å². The van der Waals surface area contributed by atoms with E-state index < -0.39 is 0 Å². The van der Waals surface area contributed by atoms with Crippen molar-refractivity contribution in [1.82, 2.24) is 9.80 Å². The van der Waals surface area contributed by atoms with E-state index in [4.69, 9.17) is 0 Å². The van der Waals surface area contributed by atoms with Crippen molar-refractivity contribution in [2.24, 2.45) is 0 Å². The van der Waals surface area contributed by atoms with Crippen LogP contribution in [-0.4, -0.2) is 50.1 Å². The first-order chi connectivity index (χ1) is 6.49. The van der Waals surface area contributed by atoms with Crippen molar-refractivity contribution in [2.45, 2.75) is 40.2 Å². The molecule has 1 atom stereocenters. The van der Waals surface area contributed by atoms with Gasteiger partial charge in [0.15, 0.2) is 0 Å². The molecule has 0 N–H and O–H groups in total. The molecule has 15 heavy (non-hydrogen) atoms. The third-order valence-corrected chi connectivity index (χ3v) is 2.41. The molecule has 0 heterocycles. The SMILES string of the molecule is CCN(C)CC(C)N(C)C.C[CH-]CC.[Li+]. The third kappa shape index (κ3) is 17.1. The van der Waals surface area contributed by atoms with Gasteiger partial charge < -0.3 is 16.2 Å². The minimum absolute atomic E-state index is 0. The summed E-state index contributed by atoms with van der Waals surface area (Å²) in [7, 11) is 6.39. The predicted octanol–water partition coefficient (Wildman–Crippen LogP) is -0.487. The molecule has 0 aromatic heterocycles. The number of unbranched alkanes of at least 4 members (excludes halogenated alkanes) is 1. The summed E-state index contributed by atoms with van der Waals surface area (Å²) < 4.78 is 0. The van der Waals surface area contributed by atoms with Gasteiger partial charge >= 0.3 is 18.9 Å². The minimum Gasteiger partial charge on any atom is -0.332 e. The predicted molar refractivity (Wildman–Crippen MR) is 66.6 cm³/mol. The van der Waals surface area contributed by atoms with E-state index in [0.717, 1.165) is 13.1 Å². The van der Waals surface area contributed by atoms with Gasteiger partial charge in [-0.05, 0) is 34.6 Å².